The van der Waals surface area contributed by atoms with E-state index in [1.165, 1.54) is 12.7 Å². The summed E-state index contributed by atoms with van der Waals surface area (Å²) in [5.74, 6) is 0.373. The fourth-order valence-corrected chi connectivity index (χ4v) is 3.12. The number of methoxy groups -OCH3 is 1. The number of carbonyl (C=O) groups is 1. The molecule has 0 aliphatic rings. The van der Waals surface area contributed by atoms with E-state index in [0.717, 1.165) is 16.2 Å². The summed E-state index contributed by atoms with van der Waals surface area (Å²) in [6.07, 6.45) is 0.280. The number of esters is 1. The third kappa shape index (κ3) is 3.87. The van der Waals surface area contributed by atoms with Crippen molar-refractivity contribution in [1.82, 2.24) is 0 Å². The third-order valence-corrected chi connectivity index (χ3v) is 4.25. The van der Waals surface area contributed by atoms with E-state index >= 15 is 0 Å². The molecule has 0 unspecified atom stereocenters. The van der Waals surface area contributed by atoms with E-state index in [0.29, 0.717) is 5.56 Å². The third-order valence-electron chi connectivity index (χ3n) is 3.00. The SMILES string of the molecule is COC(=O)c1cccc(CC#N)c1SCc1ccccc1. The summed E-state index contributed by atoms with van der Waals surface area (Å²) in [5, 5.41) is 8.94. The van der Waals surface area contributed by atoms with Crippen molar-refractivity contribution in [2.75, 3.05) is 7.11 Å². The number of rotatable bonds is 5. The molecule has 0 aliphatic heterocycles. The lowest BCUT2D eigenvalue weighted by Crippen LogP contribution is -2.05. The van der Waals surface area contributed by atoms with Gasteiger partial charge in [-0.3, -0.25) is 0 Å². The summed E-state index contributed by atoms with van der Waals surface area (Å²) in [6, 6.07) is 17.6. The molecule has 0 heterocycles. The number of nitriles is 1. The van der Waals surface area contributed by atoms with Crippen LogP contribution in [0.3, 0.4) is 0 Å². The molecular formula is C17H15NO2S. The predicted molar refractivity (Wildman–Crippen MR) is 83.1 cm³/mol. The van der Waals surface area contributed by atoms with Gasteiger partial charge in [0.05, 0.1) is 25.2 Å². The maximum Gasteiger partial charge on any atom is 0.339 e. The van der Waals surface area contributed by atoms with E-state index in [1.807, 2.05) is 36.4 Å². The minimum absolute atomic E-state index is 0.280. The van der Waals surface area contributed by atoms with Crippen molar-refractivity contribution in [3.8, 4) is 6.07 Å². The molecular weight excluding hydrogens is 282 g/mol. The fourth-order valence-electron chi connectivity index (χ4n) is 1.98. The molecule has 0 bridgehead atoms. The number of ether oxygens (including phenoxy) is 1. The minimum Gasteiger partial charge on any atom is -0.465 e. The van der Waals surface area contributed by atoms with Crippen LogP contribution in [0.4, 0.5) is 0 Å². The molecule has 0 aliphatic carbocycles. The quantitative estimate of drug-likeness (QED) is 0.621. The summed E-state index contributed by atoms with van der Waals surface area (Å²) in [5.41, 5.74) is 2.55. The molecule has 0 saturated carbocycles. The predicted octanol–water partition coefficient (Wildman–Crippen LogP) is 3.83. The molecule has 21 heavy (non-hydrogen) atoms. The Bertz CT molecular complexity index is 662. The fraction of sp³-hybridized carbons (Fsp3) is 0.176. The molecule has 2 aromatic rings. The highest BCUT2D eigenvalue weighted by Crippen LogP contribution is 2.30. The normalized spacial score (nSPS) is 9.90. The van der Waals surface area contributed by atoms with Crippen LogP contribution in [0.5, 0.6) is 0 Å². The number of thioether (sulfide) groups is 1. The van der Waals surface area contributed by atoms with Gasteiger partial charge in [-0.05, 0) is 17.2 Å². The largest absolute Gasteiger partial charge is 0.465 e. The Hall–Kier alpha value is -2.25. The van der Waals surface area contributed by atoms with Crippen molar-refractivity contribution in [2.24, 2.45) is 0 Å². The zero-order valence-electron chi connectivity index (χ0n) is 11.7. The molecule has 2 aromatic carbocycles. The van der Waals surface area contributed by atoms with Crippen molar-refractivity contribution >= 4 is 17.7 Å². The maximum absolute atomic E-state index is 11.9. The van der Waals surface area contributed by atoms with Crippen LogP contribution < -0.4 is 0 Å². The monoisotopic (exact) mass is 297 g/mol. The first-order chi connectivity index (χ1) is 10.3. The lowest BCUT2D eigenvalue weighted by molar-refractivity contribution is 0.0596. The minimum atomic E-state index is -0.370. The van der Waals surface area contributed by atoms with Crippen LogP contribution in [0.25, 0.3) is 0 Å². The Balaban J connectivity index is 2.30. The molecule has 0 radical (unpaired) electrons. The average Bonchev–Trinajstić information content (AvgIpc) is 2.54. The van der Waals surface area contributed by atoms with Crippen LogP contribution in [-0.2, 0) is 16.9 Å². The highest BCUT2D eigenvalue weighted by molar-refractivity contribution is 7.98. The molecule has 0 atom stereocenters. The highest BCUT2D eigenvalue weighted by atomic mass is 32.2. The first kappa shape index (κ1) is 15.1. The Kier molecular flexibility index (Phi) is 5.42. The smallest absolute Gasteiger partial charge is 0.339 e. The molecule has 0 saturated heterocycles. The average molecular weight is 297 g/mol. The van der Waals surface area contributed by atoms with Gasteiger partial charge < -0.3 is 4.74 Å². The molecule has 0 fully saturated rings. The van der Waals surface area contributed by atoms with E-state index in [1.54, 1.807) is 23.9 Å². The molecule has 0 spiro atoms. The summed E-state index contributed by atoms with van der Waals surface area (Å²) in [7, 11) is 1.37. The first-order valence-corrected chi connectivity index (χ1v) is 7.48. The number of nitrogens with zero attached hydrogens (tertiary/aromatic N) is 1. The Morgan fingerprint density at radius 1 is 1.19 bits per heavy atom. The molecule has 4 heteroatoms. The zero-order chi connectivity index (χ0) is 15.1. The van der Waals surface area contributed by atoms with Crippen LogP contribution >= 0.6 is 11.8 Å². The second-order valence-electron chi connectivity index (χ2n) is 4.39. The van der Waals surface area contributed by atoms with Crippen molar-refractivity contribution in [3.63, 3.8) is 0 Å². The summed E-state index contributed by atoms with van der Waals surface area (Å²) in [6.45, 7) is 0. The lowest BCUT2D eigenvalue weighted by Gasteiger charge is -2.11. The van der Waals surface area contributed by atoms with Crippen LogP contribution in [0.1, 0.15) is 21.5 Å². The van der Waals surface area contributed by atoms with Crippen molar-refractivity contribution < 1.29 is 9.53 Å². The molecule has 2 rings (SSSR count). The number of benzene rings is 2. The molecule has 3 nitrogen and oxygen atoms in total. The first-order valence-electron chi connectivity index (χ1n) is 6.50. The van der Waals surface area contributed by atoms with Gasteiger partial charge in [0.2, 0.25) is 0 Å². The Labute approximate surface area is 128 Å². The van der Waals surface area contributed by atoms with E-state index in [-0.39, 0.29) is 12.4 Å². The van der Waals surface area contributed by atoms with Gasteiger partial charge in [0, 0.05) is 10.6 Å². The Morgan fingerprint density at radius 3 is 2.62 bits per heavy atom. The maximum atomic E-state index is 11.9. The van der Waals surface area contributed by atoms with Crippen LogP contribution in [0, 0.1) is 11.3 Å². The second-order valence-corrected chi connectivity index (χ2v) is 5.38. The van der Waals surface area contributed by atoms with Gasteiger partial charge in [0.25, 0.3) is 0 Å². The summed E-state index contributed by atoms with van der Waals surface area (Å²) < 4.78 is 4.83. The number of hydrogen-bond acceptors (Lipinski definition) is 4. The van der Waals surface area contributed by atoms with Crippen molar-refractivity contribution in [1.29, 1.82) is 5.26 Å². The lowest BCUT2D eigenvalue weighted by atomic mass is 10.1. The van der Waals surface area contributed by atoms with Crippen molar-refractivity contribution in [2.45, 2.75) is 17.1 Å². The van der Waals surface area contributed by atoms with E-state index in [4.69, 9.17) is 10.00 Å². The molecule has 0 N–H and O–H groups in total. The van der Waals surface area contributed by atoms with Gasteiger partial charge in [-0.15, -0.1) is 11.8 Å². The van der Waals surface area contributed by atoms with Gasteiger partial charge in [0.15, 0.2) is 0 Å². The van der Waals surface area contributed by atoms with Crippen LogP contribution in [-0.4, -0.2) is 13.1 Å². The van der Waals surface area contributed by atoms with Gasteiger partial charge in [-0.2, -0.15) is 5.26 Å². The van der Waals surface area contributed by atoms with Gasteiger partial charge in [0.1, 0.15) is 0 Å². The topological polar surface area (TPSA) is 50.1 Å². The van der Waals surface area contributed by atoms with Gasteiger partial charge >= 0.3 is 5.97 Å². The molecule has 0 aromatic heterocycles. The summed E-state index contributed by atoms with van der Waals surface area (Å²) in [4.78, 5) is 12.7. The van der Waals surface area contributed by atoms with Crippen LogP contribution in [0.15, 0.2) is 53.4 Å². The van der Waals surface area contributed by atoms with Crippen LogP contribution in [0.2, 0.25) is 0 Å². The highest BCUT2D eigenvalue weighted by Gasteiger charge is 2.15. The number of carbonyl (C=O) groups excluding carboxylic acids is 1. The zero-order valence-corrected chi connectivity index (χ0v) is 12.5. The standard InChI is InChI=1S/C17H15NO2S/c1-20-17(19)15-9-5-8-14(10-11-18)16(15)21-12-13-6-3-2-4-7-13/h2-9H,10,12H2,1H3. The summed E-state index contributed by atoms with van der Waals surface area (Å²) >= 11 is 1.56. The van der Waals surface area contributed by atoms with E-state index in [2.05, 4.69) is 6.07 Å². The van der Waals surface area contributed by atoms with E-state index < -0.39 is 0 Å². The molecule has 0 amide bonds. The second kappa shape index (κ2) is 7.51. The van der Waals surface area contributed by atoms with E-state index in [9.17, 15) is 4.79 Å². The van der Waals surface area contributed by atoms with Gasteiger partial charge in [-0.1, -0.05) is 42.5 Å². The van der Waals surface area contributed by atoms with Gasteiger partial charge in [-0.25, -0.2) is 4.79 Å². The Morgan fingerprint density at radius 2 is 1.95 bits per heavy atom. The van der Waals surface area contributed by atoms with Crippen molar-refractivity contribution in [3.05, 3.63) is 65.2 Å². The number of hydrogen-bond donors (Lipinski definition) is 0. The molecule has 106 valence electrons.